The zero-order chi connectivity index (χ0) is 25.3. The van der Waals surface area contributed by atoms with Crippen LogP contribution in [0.3, 0.4) is 0 Å². The maximum Gasteiger partial charge on any atom is 0.271 e. The predicted octanol–water partition coefficient (Wildman–Crippen LogP) is 5.67. The minimum Gasteiger partial charge on any atom is -0.383 e. The van der Waals surface area contributed by atoms with Gasteiger partial charge in [-0.2, -0.15) is 0 Å². The van der Waals surface area contributed by atoms with Crippen LogP contribution in [0.4, 0.5) is 10.1 Å². The zero-order valence-electron chi connectivity index (χ0n) is 19.8. The van der Waals surface area contributed by atoms with Crippen LogP contribution < -0.4 is 0 Å². The number of rotatable bonds is 9. The fraction of sp³-hybridized carbons (Fsp3) is 0.280. The maximum absolute atomic E-state index is 13.5. The number of carbonyl (C=O) groups is 1. The molecule has 1 atom stereocenters. The summed E-state index contributed by atoms with van der Waals surface area (Å²) in [7, 11) is 1.65. The van der Waals surface area contributed by atoms with Crippen LogP contribution >= 0.6 is 11.8 Å². The van der Waals surface area contributed by atoms with E-state index in [1.54, 1.807) is 29.9 Å². The van der Waals surface area contributed by atoms with Crippen LogP contribution in [-0.2, 0) is 4.74 Å². The van der Waals surface area contributed by atoms with Crippen molar-refractivity contribution < 1.29 is 18.8 Å². The van der Waals surface area contributed by atoms with Crippen LogP contribution in [0.5, 0.6) is 0 Å². The number of nitrogens with zero attached hydrogens (tertiary/aromatic N) is 4. The number of Topliss-reactive ketones (excluding diaryl/α,β-unsaturated/α-hetero) is 1. The van der Waals surface area contributed by atoms with E-state index in [2.05, 4.69) is 9.55 Å². The lowest BCUT2D eigenvalue weighted by Gasteiger charge is -2.17. The molecule has 0 saturated heterocycles. The van der Waals surface area contributed by atoms with Gasteiger partial charge in [0.15, 0.2) is 10.9 Å². The molecule has 0 unspecified atom stereocenters. The second kappa shape index (κ2) is 10.0. The molecule has 4 rings (SSSR count). The third-order valence-electron chi connectivity index (χ3n) is 5.87. The first-order valence-electron chi connectivity index (χ1n) is 11.0. The Balaban J connectivity index is 1.68. The number of hydrogen-bond donors (Lipinski definition) is 0. The average molecular weight is 497 g/mol. The maximum atomic E-state index is 13.5. The fourth-order valence-electron chi connectivity index (χ4n) is 4.36. The van der Waals surface area contributed by atoms with Crippen LogP contribution in [0.15, 0.2) is 53.7 Å². The Morgan fingerprint density at radius 2 is 1.91 bits per heavy atom. The summed E-state index contributed by atoms with van der Waals surface area (Å²) in [5, 5.41) is 11.7. The smallest absolute Gasteiger partial charge is 0.271 e. The van der Waals surface area contributed by atoms with Gasteiger partial charge >= 0.3 is 0 Å². The number of carbonyl (C=O) groups excluding carboxylic acids is 1. The molecule has 0 fully saturated rings. The van der Waals surface area contributed by atoms with Gasteiger partial charge in [-0.3, -0.25) is 19.5 Å². The second-order valence-corrected chi connectivity index (χ2v) is 9.25. The van der Waals surface area contributed by atoms with E-state index in [0.29, 0.717) is 34.0 Å². The van der Waals surface area contributed by atoms with Gasteiger partial charge in [0.2, 0.25) is 0 Å². The van der Waals surface area contributed by atoms with Gasteiger partial charge in [0, 0.05) is 41.9 Å². The first-order valence-corrected chi connectivity index (χ1v) is 12.0. The molecule has 0 aliphatic heterocycles. The molecule has 0 spiro atoms. The van der Waals surface area contributed by atoms with Gasteiger partial charge in [-0.15, -0.1) is 0 Å². The lowest BCUT2D eigenvalue weighted by Crippen LogP contribution is -2.14. The number of methoxy groups -OCH3 is 1. The van der Waals surface area contributed by atoms with Gasteiger partial charge in [-0.25, -0.2) is 9.37 Å². The molecule has 0 aliphatic carbocycles. The summed E-state index contributed by atoms with van der Waals surface area (Å²) < 4.78 is 22.7. The minimum atomic E-state index is -0.479. The van der Waals surface area contributed by atoms with E-state index in [1.165, 1.54) is 36.0 Å². The van der Waals surface area contributed by atoms with E-state index >= 15 is 0 Å². The molecule has 2 heterocycles. The number of aromatic nitrogens is 3. The summed E-state index contributed by atoms with van der Waals surface area (Å²) in [6.07, 6.45) is 0. The lowest BCUT2D eigenvalue weighted by atomic mass is 10.2. The Morgan fingerprint density at radius 1 is 1.20 bits per heavy atom. The van der Waals surface area contributed by atoms with E-state index in [9.17, 15) is 19.3 Å². The number of thioether (sulfide) groups is 1. The second-order valence-electron chi connectivity index (χ2n) is 8.31. The van der Waals surface area contributed by atoms with Crippen LogP contribution in [0.2, 0.25) is 0 Å². The summed E-state index contributed by atoms with van der Waals surface area (Å²) in [6, 6.07) is 12.3. The third-order valence-corrected chi connectivity index (χ3v) is 6.81. The van der Waals surface area contributed by atoms with Crippen LogP contribution in [-0.4, -0.2) is 44.3 Å². The standard InChI is InChI=1S/C25H25FN4O4S/c1-15-11-21(17(3)28(15)16(2)13-34-4)24(31)14-35-25-27-22-12-20(30(32)33)9-10-23(22)29(25)19-7-5-18(26)6-8-19/h5-12,16H,13-14H2,1-4H3/t16-/m0/s1. The molecule has 0 bridgehead atoms. The van der Waals surface area contributed by atoms with E-state index in [-0.39, 0.29) is 29.1 Å². The number of nitro groups is 1. The lowest BCUT2D eigenvalue weighted by molar-refractivity contribution is -0.384. The quantitative estimate of drug-likeness (QED) is 0.128. The predicted molar refractivity (Wildman–Crippen MR) is 133 cm³/mol. The van der Waals surface area contributed by atoms with E-state index < -0.39 is 4.92 Å². The summed E-state index contributed by atoms with van der Waals surface area (Å²) >= 11 is 1.24. The van der Waals surface area contributed by atoms with E-state index in [0.717, 1.165) is 11.4 Å². The van der Waals surface area contributed by atoms with Gasteiger partial charge in [-0.1, -0.05) is 11.8 Å². The normalized spacial score (nSPS) is 12.3. The van der Waals surface area contributed by atoms with Crippen LogP contribution in [0, 0.1) is 29.8 Å². The molecule has 2 aromatic heterocycles. The minimum absolute atomic E-state index is 0.0531. The van der Waals surface area contributed by atoms with Crippen molar-refractivity contribution in [2.45, 2.75) is 32.0 Å². The number of imidazole rings is 1. The van der Waals surface area contributed by atoms with E-state index in [4.69, 9.17) is 4.74 Å². The molecular weight excluding hydrogens is 471 g/mol. The number of nitro benzene ring substituents is 1. The summed E-state index contributed by atoms with van der Waals surface area (Å²) in [5.41, 5.74) is 4.11. The van der Waals surface area contributed by atoms with Crippen molar-refractivity contribution in [3.8, 4) is 5.69 Å². The number of aryl methyl sites for hydroxylation is 1. The summed E-state index contributed by atoms with van der Waals surface area (Å²) in [5.74, 6) is -0.311. The Kier molecular flexibility index (Phi) is 7.04. The fourth-order valence-corrected chi connectivity index (χ4v) is 5.27. The number of hydrogen-bond acceptors (Lipinski definition) is 6. The van der Waals surface area contributed by atoms with Crippen molar-refractivity contribution in [3.05, 3.63) is 81.4 Å². The van der Waals surface area contributed by atoms with Gasteiger partial charge in [0.25, 0.3) is 5.69 Å². The molecule has 10 heteroatoms. The van der Waals surface area contributed by atoms with Crippen LogP contribution in [0.25, 0.3) is 16.7 Å². The molecule has 0 radical (unpaired) electrons. The zero-order valence-corrected chi connectivity index (χ0v) is 20.6. The Hall–Kier alpha value is -3.50. The Morgan fingerprint density at radius 3 is 2.57 bits per heavy atom. The number of ketones is 1. The molecule has 0 N–H and O–H groups in total. The number of ether oxygens (including phenoxy) is 1. The Labute approximate surface area is 205 Å². The first kappa shape index (κ1) is 24.6. The Bertz CT molecular complexity index is 1410. The number of fused-ring (bicyclic) bond motifs is 1. The molecule has 35 heavy (non-hydrogen) atoms. The monoisotopic (exact) mass is 496 g/mol. The van der Waals surface area contributed by atoms with Crippen LogP contribution in [0.1, 0.15) is 34.7 Å². The number of halogens is 1. The van der Waals surface area contributed by atoms with Crippen molar-refractivity contribution in [1.29, 1.82) is 0 Å². The van der Waals surface area contributed by atoms with Crippen molar-refractivity contribution in [2.75, 3.05) is 19.5 Å². The van der Waals surface area contributed by atoms with Gasteiger partial charge in [-0.05, 0) is 57.2 Å². The highest BCUT2D eigenvalue weighted by atomic mass is 32.2. The number of benzene rings is 2. The topological polar surface area (TPSA) is 92.2 Å². The number of non-ortho nitro benzene ring substituents is 1. The van der Waals surface area contributed by atoms with Gasteiger partial charge < -0.3 is 9.30 Å². The van der Waals surface area contributed by atoms with Crippen molar-refractivity contribution in [3.63, 3.8) is 0 Å². The van der Waals surface area contributed by atoms with E-state index in [1.807, 2.05) is 26.8 Å². The molecule has 0 aliphatic rings. The highest BCUT2D eigenvalue weighted by Crippen LogP contribution is 2.31. The molecule has 4 aromatic rings. The summed E-state index contributed by atoms with van der Waals surface area (Å²) in [6.45, 7) is 6.46. The van der Waals surface area contributed by atoms with Gasteiger partial charge in [0.05, 0.1) is 34.4 Å². The largest absolute Gasteiger partial charge is 0.383 e. The molecule has 2 aromatic carbocycles. The highest BCUT2D eigenvalue weighted by molar-refractivity contribution is 7.99. The van der Waals surface area contributed by atoms with Crippen molar-refractivity contribution in [1.82, 2.24) is 14.1 Å². The highest BCUT2D eigenvalue weighted by Gasteiger charge is 2.21. The van der Waals surface area contributed by atoms with Gasteiger partial charge in [0.1, 0.15) is 5.82 Å². The molecule has 0 amide bonds. The van der Waals surface area contributed by atoms with Crippen molar-refractivity contribution in [2.24, 2.45) is 0 Å². The molecule has 0 saturated carbocycles. The average Bonchev–Trinajstić information content (AvgIpc) is 3.34. The molecule has 8 nitrogen and oxygen atoms in total. The first-order chi connectivity index (χ1) is 16.7. The molecular formula is C25H25FN4O4S. The SMILES string of the molecule is COC[C@H](C)n1c(C)cc(C(=O)CSc2nc3cc([N+](=O)[O-])ccc3n2-c2ccc(F)cc2)c1C. The summed E-state index contributed by atoms with van der Waals surface area (Å²) in [4.78, 5) is 28.5. The third kappa shape index (κ3) is 4.85. The van der Waals surface area contributed by atoms with Crippen molar-refractivity contribution >= 4 is 34.3 Å². The molecule has 182 valence electrons.